The lowest BCUT2D eigenvalue weighted by molar-refractivity contribution is 0.202. The standard InChI is InChI=1S/C21H30N4O2/c1-4-23(5-2)18-11-14-25(16-18)21(26)22-17-9-10-20(27-6-3)19(15-17)24-12-7-8-13-24/h7-10,12-13,15,18H,4-6,11,14,16H2,1-3H3,(H,22,26)/t18-/m0/s1. The number of nitrogens with zero attached hydrogens (tertiary/aromatic N) is 3. The molecule has 0 bridgehead atoms. The number of carbonyl (C=O) groups is 1. The molecule has 2 amide bonds. The molecule has 27 heavy (non-hydrogen) atoms. The predicted octanol–water partition coefficient (Wildman–Crippen LogP) is 3.82. The molecule has 6 nitrogen and oxygen atoms in total. The molecule has 6 heteroatoms. The van der Waals surface area contributed by atoms with Crippen molar-refractivity contribution >= 4 is 11.7 Å². The van der Waals surface area contributed by atoms with Crippen LogP contribution in [0.25, 0.3) is 5.69 Å². The summed E-state index contributed by atoms with van der Waals surface area (Å²) >= 11 is 0. The van der Waals surface area contributed by atoms with Gasteiger partial charge in [0, 0.05) is 37.2 Å². The van der Waals surface area contributed by atoms with Crippen LogP contribution in [0.5, 0.6) is 5.75 Å². The summed E-state index contributed by atoms with van der Waals surface area (Å²) in [6.45, 7) is 10.5. The molecule has 1 fully saturated rings. The summed E-state index contributed by atoms with van der Waals surface area (Å²) in [6, 6.07) is 10.1. The summed E-state index contributed by atoms with van der Waals surface area (Å²) in [7, 11) is 0. The first-order valence-corrected chi connectivity index (χ1v) is 9.86. The van der Waals surface area contributed by atoms with Crippen LogP contribution in [0.2, 0.25) is 0 Å². The minimum absolute atomic E-state index is 0.0349. The maximum absolute atomic E-state index is 12.7. The number of nitrogens with one attached hydrogen (secondary N) is 1. The van der Waals surface area contributed by atoms with Crippen molar-refractivity contribution in [2.75, 3.05) is 38.1 Å². The van der Waals surface area contributed by atoms with Crippen LogP contribution in [-0.4, -0.2) is 59.2 Å². The molecule has 1 N–H and O–H groups in total. The largest absolute Gasteiger partial charge is 0.492 e. The Hall–Kier alpha value is -2.47. The number of hydrogen-bond donors (Lipinski definition) is 1. The van der Waals surface area contributed by atoms with Crippen molar-refractivity contribution in [2.45, 2.75) is 33.2 Å². The fourth-order valence-corrected chi connectivity index (χ4v) is 3.74. The number of aromatic nitrogens is 1. The minimum Gasteiger partial charge on any atom is -0.492 e. The zero-order valence-electron chi connectivity index (χ0n) is 16.5. The van der Waals surface area contributed by atoms with Gasteiger partial charge in [0.05, 0.1) is 12.3 Å². The van der Waals surface area contributed by atoms with Gasteiger partial charge in [0.25, 0.3) is 0 Å². The Bertz CT molecular complexity index is 741. The van der Waals surface area contributed by atoms with E-state index in [0.29, 0.717) is 12.6 Å². The first-order chi connectivity index (χ1) is 13.2. The van der Waals surface area contributed by atoms with Crippen LogP contribution in [-0.2, 0) is 0 Å². The van der Waals surface area contributed by atoms with Crippen molar-refractivity contribution in [3.05, 3.63) is 42.7 Å². The van der Waals surface area contributed by atoms with E-state index in [4.69, 9.17) is 4.74 Å². The second kappa shape index (κ2) is 8.95. The number of benzene rings is 1. The zero-order chi connectivity index (χ0) is 19.2. The first kappa shape index (κ1) is 19.3. The van der Waals surface area contributed by atoms with Gasteiger partial charge in [-0.3, -0.25) is 4.90 Å². The van der Waals surface area contributed by atoms with E-state index < -0.39 is 0 Å². The van der Waals surface area contributed by atoms with Gasteiger partial charge in [0.15, 0.2) is 0 Å². The molecule has 2 heterocycles. The number of likely N-dealkylation sites (tertiary alicyclic amines) is 1. The van der Waals surface area contributed by atoms with Gasteiger partial charge in [-0.25, -0.2) is 4.79 Å². The molecule has 3 rings (SSSR count). The summed E-state index contributed by atoms with van der Waals surface area (Å²) < 4.78 is 7.73. The predicted molar refractivity (Wildman–Crippen MR) is 109 cm³/mol. The fourth-order valence-electron chi connectivity index (χ4n) is 3.74. The topological polar surface area (TPSA) is 49.7 Å². The van der Waals surface area contributed by atoms with Gasteiger partial charge in [-0.15, -0.1) is 0 Å². The van der Waals surface area contributed by atoms with Gasteiger partial charge in [0.2, 0.25) is 0 Å². The molecule has 2 aromatic rings. The van der Waals surface area contributed by atoms with Crippen LogP contribution in [0, 0.1) is 0 Å². The van der Waals surface area contributed by atoms with Gasteiger partial charge in [-0.1, -0.05) is 13.8 Å². The molecule has 1 aliphatic heterocycles. The molecular formula is C21H30N4O2. The Kier molecular flexibility index (Phi) is 6.40. The molecule has 146 valence electrons. The average Bonchev–Trinajstić information content (AvgIpc) is 3.36. The van der Waals surface area contributed by atoms with E-state index in [9.17, 15) is 4.79 Å². The molecule has 1 aliphatic rings. The highest BCUT2D eigenvalue weighted by atomic mass is 16.5. The van der Waals surface area contributed by atoms with Crippen LogP contribution in [0.3, 0.4) is 0 Å². The maximum Gasteiger partial charge on any atom is 0.321 e. The maximum atomic E-state index is 12.7. The van der Waals surface area contributed by atoms with Crippen molar-refractivity contribution in [3.63, 3.8) is 0 Å². The summed E-state index contributed by atoms with van der Waals surface area (Å²) in [6.07, 6.45) is 4.98. The number of ether oxygens (including phenoxy) is 1. The van der Waals surface area contributed by atoms with Crippen LogP contribution >= 0.6 is 0 Å². The highest BCUT2D eigenvalue weighted by Crippen LogP contribution is 2.27. The quantitative estimate of drug-likeness (QED) is 0.806. The third-order valence-electron chi connectivity index (χ3n) is 5.17. The number of hydrogen-bond acceptors (Lipinski definition) is 3. The molecule has 0 saturated carbocycles. The lowest BCUT2D eigenvalue weighted by Crippen LogP contribution is -2.39. The monoisotopic (exact) mass is 370 g/mol. The third kappa shape index (κ3) is 4.45. The number of amides is 2. The first-order valence-electron chi connectivity index (χ1n) is 9.86. The van der Waals surface area contributed by atoms with Crippen molar-refractivity contribution < 1.29 is 9.53 Å². The number of urea groups is 1. The van der Waals surface area contributed by atoms with Crippen LogP contribution in [0.15, 0.2) is 42.7 Å². The summed E-state index contributed by atoms with van der Waals surface area (Å²) in [4.78, 5) is 17.1. The number of carbonyl (C=O) groups excluding carboxylic acids is 1. The summed E-state index contributed by atoms with van der Waals surface area (Å²) in [5.74, 6) is 0.800. The van der Waals surface area contributed by atoms with Crippen molar-refractivity contribution in [1.82, 2.24) is 14.4 Å². The average molecular weight is 370 g/mol. The minimum atomic E-state index is -0.0349. The molecule has 0 radical (unpaired) electrons. The second-order valence-corrected chi connectivity index (χ2v) is 6.75. The Labute approximate surface area is 161 Å². The Balaban J connectivity index is 1.70. The Morgan fingerprint density at radius 2 is 1.96 bits per heavy atom. The van der Waals surface area contributed by atoms with E-state index in [0.717, 1.165) is 49.7 Å². The van der Waals surface area contributed by atoms with E-state index >= 15 is 0 Å². The lowest BCUT2D eigenvalue weighted by atomic mass is 10.2. The molecular weight excluding hydrogens is 340 g/mol. The van der Waals surface area contributed by atoms with Crippen molar-refractivity contribution in [3.8, 4) is 11.4 Å². The highest BCUT2D eigenvalue weighted by molar-refractivity contribution is 5.90. The third-order valence-corrected chi connectivity index (χ3v) is 5.17. The van der Waals surface area contributed by atoms with Gasteiger partial charge in [0.1, 0.15) is 5.75 Å². The summed E-state index contributed by atoms with van der Waals surface area (Å²) in [5, 5.41) is 3.05. The van der Waals surface area contributed by atoms with E-state index in [1.165, 1.54) is 0 Å². The van der Waals surface area contributed by atoms with E-state index in [-0.39, 0.29) is 6.03 Å². The normalized spacial score (nSPS) is 16.7. The molecule has 0 spiro atoms. The summed E-state index contributed by atoms with van der Waals surface area (Å²) in [5.41, 5.74) is 1.69. The molecule has 0 unspecified atom stereocenters. The van der Waals surface area contributed by atoms with Crippen molar-refractivity contribution in [2.24, 2.45) is 0 Å². The van der Waals surface area contributed by atoms with Crippen molar-refractivity contribution in [1.29, 1.82) is 0 Å². The molecule has 1 aromatic carbocycles. The zero-order valence-corrected chi connectivity index (χ0v) is 16.5. The van der Waals surface area contributed by atoms with E-state index in [2.05, 4.69) is 24.1 Å². The molecule has 0 aliphatic carbocycles. The van der Waals surface area contributed by atoms with Crippen LogP contribution in [0.1, 0.15) is 27.2 Å². The number of rotatable bonds is 7. The van der Waals surface area contributed by atoms with Gasteiger partial charge >= 0.3 is 6.03 Å². The van der Waals surface area contributed by atoms with Crippen LogP contribution in [0.4, 0.5) is 10.5 Å². The smallest absolute Gasteiger partial charge is 0.321 e. The Morgan fingerprint density at radius 1 is 1.22 bits per heavy atom. The van der Waals surface area contributed by atoms with Gasteiger partial charge in [-0.2, -0.15) is 0 Å². The van der Waals surface area contributed by atoms with E-state index in [1.54, 1.807) is 0 Å². The van der Waals surface area contributed by atoms with Gasteiger partial charge < -0.3 is 19.5 Å². The molecule has 1 atom stereocenters. The SMILES string of the molecule is CCOc1ccc(NC(=O)N2CC[C@H](N(CC)CC)C2)cc1-n1cccc1. The van der Waals surface area contributed by atoms with E-state index in [1.807, 2.05) is 59.1 Å². The molecule has 1 saturated heterocycles. The number of anilines is 1. The Morgan fingerprint density at radius 3 is 2.63 bits per heavy atom. The number of likely N-dealkylation sites (N-methyl/N-ethyl adjacent to an activating group) is 1. The second-order valence-electron chi connectivity index (χ2n) is 6.75. The van der Waals surface area contributed by atoms with Crippen LogP contribution < -0.4 is 10.1 Å². The molecule has 1 aromatic heterocycles. The fraction of sp³-hybridized carbons (Fsp3) is 0.476. The highest BCUT2D eigenvalue weighted by Gasteiger charge is 2.29. The lowest BCUT2D eigenvalue weighted by Gasteiger charge is -2.26. The van der Waals surface area contributed by atoms with Gasteiger partial charge in [-0.05, 0) is 56.8 Å².